The zero-order valence-corrected chi connectivity index (χ0v) is 15.5. The van der Waals surface area contributed by atoms with Gasteiger partial charge in [0, 0.05) is 12.0 Å². The second-order valence-corrected chi connectivity index (χ2v) is 6.60. The number of epoxide rings is 1. The number of ether oxygens (including phenoxy) is 2. The van der Waals surface area contributed by atoms with Crippen LogP contribution in [-0.2, 0) is 11.2 Å². The van der Waals surface area contributed by atoms with Gasteiger partial charge in [0.25, 0.3) is 0 Å². The van der Waals surface area contributed by atoms with Gasteiger partial charge in [0.1, 0.15) is 17.6 Å². The molecule has 0 aromatic heterocycles. The third-order valence-corrected chi connectivity index (χ3v) is 4.32. The number of phenols is 1. The van der Waals surface area contributed by atoms with E-state index in [1.807, 2.05) is 13.0 Å². The first kappa shape index (κ1) is 21.3. The average Bonchev–Trinajstić information content (AvgIpc) is 3.33. The molecule has 1 aliphatic rings. The van der Waals surface area contributed by atoms with Crippen LogP contribution in [0, 0.1) is 0 Å². The van der Waals surface area contributed by atoms with E-state index in [0.29, 0.717) is 30.8 Å². The number of alkyl halides is 3. The fraction of sp³-hybridized carbons (Fsp3) is 0.550. The molecule has 2 atom stereocenters. The maximum atomic E-state index is 12.1. The van der Waals surface area contributed by atoms with Gasteiger partial charge in [-0.3, -0.25) is 4.79 Å². The molecule has 4 nitrogen and oxygen atoms in total. The lowest BCUT2D eigenvalue weighted by atomic mass is 10.0. The number of hydrogen-bond donors (Lipinski definition) is 1. The van der Waals surface area contributed by atoms with Crippen LogP contribution in [0.3, 0.4) is 0 Å². The highest BCUT2D eigenvalue weighted by Gasteiger charge is 2.39. The summed E-state index contributed by atoms with van der Waals surface area (Å²) in [6, 6.07) is 3.23. The lowest BCUT2D eigenvalue weighted by Crippen LogP contribution is -2.08. The zero-order valence-electron chi connectivity index (χ0n) is 15.5. The summed E-state index contributed by atoms with van der Waals surface area (Å²) in [5.41, 5.74) is 0.897. The highest BCUT2D eigenvalue weighted by Crippen LogP contribution is 2.34. The maximum absolute atomic E-state index is 12.1. The molecule has 0 aliphatic carbocycles. The lowest BCUT2D eigenvalue weighted by molar-refractivity contribution is -0.136. The summed E-state index contributed by atoms with van der Waals surface area (Å²) in [4.78, 5) is 11.5. The molecule has 1 aromatic carbocycles. The van der Waals surface area contributed by atoms with E-state index in [9.17, 15) is 23.1 Å². The van der Waals surface area contributed by atoms with Crippen molar-refractivity contribution in [3.63, 3.8) is 0 Å². The number of benzene rings is 1. The minimum absolute atomic E-state index is 0.0167. The third kappa shape index (κ3) is 6.57. The summed E-state index contributed by atoms with van der Waals surface area (Å²) < 4.78 is 47.3. The van der Waals surface area contributed by atoms with Gasteiger partial charge in [-0.15, -0.1) is 0 Å². The molecule has 150 valence electrons. The van der Waals surface area contributed by atoms with E-state index in [4.69, 9.17) is 9.47 Å². The zero-order chi connectivity index (χ0) is 20.0. The molecule has 27 heavy (non-hydrogen) atoms. The van der Waals surface area contributed by atoms with Crippen molar-refractivity contribution in [3.05, 3.63) is 35.4 Å². The quantitative estimate of drug-likeness (QED) is 0.267. The number of ketones is 1. The Morgan fingerprint density at radius 2 is 2.11 bits per heavy atom. The van der Waals surface area contributed by atoms with Crippen LogP contribution in [0.4, 0.5) is 13.2 Å². The molecular formula is C20H25F3O4. The smallest absolute Gasteiger partial charge is 0.389 e. The van der Waals surface area contributed by atoms with Gasteiger partial charge < -0.3 is 14.6 Å². The normalized spacial score (nSPS) is 19.4. The number of phenolic OH excluding ortho intramolecular Hbond substituents is 1. The number of rotatable bonds is 10. The number of carbonyl (C=O) groups excluding carboxylic acids is 1. The predicted octanol–water partition coefficient (Wildman–Crippen LogP) is 4.98. The summed E-state index contributed by atoms with van der Waals surface area (Å²) in [7, 11) is 0. The standard InChI is InChI=1S/C20H25F3O4/c1-3-6-15-16(9-8-14(13(2)24)19(15)25)26-12-5-4-7-17-18(27-17)10-11-20(21,22)23/h4,7-9,17-18,25H,3,5-6,10-12H2,1-2H3/t17-,18-/m1/s1. The average molecular weight is 386 g/mol. The second-order valence-electron chi connectivity index (χ2n) is 6.60. The minimum Gasteiger partial charge on any atom is -0.507 e. The fourth-order valence-corrected chi connectivity index (χ4v) is 2.86. The van der Waals surface area contributed by atoms with Crippen LogP contribution < -0.4 is 4.74 Å². The molecular weight excluding hydrogens is 361 g/mol. The van der Waals surface area contributed by atoms with Gasteiger partial charge in [0.15, 0.2) is 5.78 Å². The van der Waals surface area contributed by atoms with Crippen LogP contribution >= 0.6 is 0 Å². The first-order valence-corrected chi connectivity index (χ1v) is 9.10. The van der Waals surface area contributed by atoms with Crippen molar-refractivity contribution in [3.8, 4) is 11.5 Å². The van der Waals surface area contributed by atoms with E-state index < -0.39 is 12.6 Å². The van der Waals surface area contributed by atoms with Gasteiger partial charge in [-0.25, -0.2) is 0 Å². The highest BCUT2D eigenvalue weighted by atomic mass is 19.4. The van der Waals surface area contributed by atoms with Crippen LogP contribution in [0.5, 0.6) is 11.5 Å². The third-order valence-electron chi connectivity index (χ3n) is 4.32. The minimum atomic E-state index is -4.15. The number of hydrogen-bond acceptors (Lipinski definition) is 4. The SMILES string of the molecule is CCCc1c(OCCC=C[C@H]2O[C@@H]2CCC(F)(F)F)ccc(C(C)=O)c1O. The first-order valence-electron chi connectivity index (χ1n) is 9.10. The van der Waals surface area contributed by atoms with Crippen molar-refractivity contribution in [1.29, 1.82) is 0 Å². The van der Waals surface area contributed by atoms with Gasteiger partial charge in [-0.05, 0) is 38.3 Å². The Morgan fingerprint density at radius 1 is 1.37 bits per heavy atom. The van der Waals surface area contributed by atoms with Crippen LogP contribution in [0.15, 0.2) is 24.3 Å². The molecule has 0 spiro atoms. The number of Topliss-reactive ketones (excluding diaryl/α,β-unsaturated/α-hetero) is 1. The van der Waals surface area contributed by atoms with Crippen LogP contribution in [0.1, 0.15) is 55.5 Å². The Morgan fingerprint density at radius 3 is 2.74 bits per heavy atom. The molecule has 1 aliphatic heterocycles. The highest BCUT2D eigenvalue weighted by molar-refractivity contribution is 5.97. The number of carbonyl (C=O) groups is 1. The van der Waals surface area contributed by atoms with Gasteiger partial charge >= 0.3 is 6.18 Å². The van der Waals surface area contributed by atoms with E-state index >= 15 is 0 Å². The molecule has 7 heteroatoms. The topological polar surface area (TPSA) is 59.1 Å². The van der Waals surface area contributed by atoms with Gasteiger partial charge in [-0.1, -0.05) is 25.5 Å². The van der Waals surface area contributed by atoms with E-state index in [0.717, 1.165) is 6.42 Å². The monoisotopic (exact) mass is 386 g/mol. The second kappa shape index (κ2) is 9.26. The molecule has 1 N–H and O–H groups in total. The first-order chi connectivity index (χ1) is 12.7. The summed E-state index contributed by atoms with van der Waals surface area (Å²) in [5, 5.41) is 10.3. The molecule has 1 aromatic rings. The van der Waals surface area contributed by atoms with Gasteiger partial charge in [-0.2, -0.15) is 13.2 Å². The molecule has 0 amide bonds. The Kier molecular flexibility index (Phi) is 7.30. The Balaban J connectivity index is 1.80. The molecule has 1 saturated heterocycles. The molecule has 1 fully saturated rings. The van der Waals surface area contributed by atoms with Crippen molar-refractivity contribution < 1.29 is 32.5 Å². The van der Waals surface area contributed by atoms with Crippen molar-refractivity contribution >= 4 is 5.78 Å². The Labute approximate surface area is 157 Å². The largest absolute Gasteiger partial charge is 0.507 e. The summed E-state index contributed by atoms with van der Waals surface area (Å²) >= 11 is 0. The van der Waals surface area contributed by atoms with Crippen molar-refractivity contribution in [2.45, 2.75) is 64.3 Å². The lowest BCUT2D eigenvalue weighted by Gasteiger charge is -2.14. The number of halogens is 3. The van der Waals surface area contributed by atoms with Crippen molar-refractivity contribution in [2.24, 2.45) is 0 Å². The molecule has 0 bridgehead atoms. The van der Waals surface area contributed by atoms with E-state index in [1.54, 1.807) is 18.2 Å². The molecule has 2 rings (SSSR count). The summed E-state index contributed by atoms with van der Waals surface area (Å²) in [6.07, 6.45) is -0.0612. The van der Waals surface area contributed by atoms with E-state index in [1.165, 1.54) is 6.92 Å². The molecule has 0 radical (unpaired) electrons. The summed E-state index contributed by atoms with van der Waals surface area (Å²) in [6.45, 7) is 3.72. The van der Waals surface area contributed by atoms with Gasteiger partial charge in [0.2, 0.25) is 0 Å². The maximum Gasteiger partial charge on any atom is 0.389 e. The van der Waals surface area contributed by atoms with E-state index in [-0.39, 0.29) is 35.7 Å². The van der Waals surface area contributed by atoms with Crippen LogP contribution in [0.25, 0.3) is 0 Å². The van der Waals surface area contributed by atoms with E-state index in [2.05, 4.69) is 0 Å². The van der Waals surface area contributed by atoms with Gasteiger partial charge in [0.05, 0.1) is 18.3 Å². The fourth-order valence-electron chi connectivity index (χ4n) is 2.86. The van der Waals surface area contributed by atoms with Crippen molar-refractivity contribution in [1.82, 2.24) is 0 Å². The summed E-state index contributed by atoms with van der Waals surface area (Å²) in [5.74, 6) is 0.304. The van der Waals surface area contributed by atoms with Crippen LogP contribution in [-0.4, -0.2) is 35.9 Å². The molecule has 0 saturated carbocycles. The predicted molar refractivity (Wildman–Crippen MR) is 95.3 cm³/mol. The Hall–Kier alpha value is -2.02. The number of aromatic hydroxyl groups is 1. The van der Waals surface area contributed by atoms with Crippen molar-refractivity contribution in [2.75, 3.05) is 6.61 Å². The Bertz CT molecular complexity index is 683. The molecule has 1 heterocycles. The van der Waals surface area contributed by atoms with Crippen LogP contribution in [0.2, 0.25) is 0 Å². The molecule has 0 unspecified atom stereocenters.